The van der Waals surface area contributed by atoms with Crippen molar-refractivity contribution in [3.05, 3.63) is 80.1 Å². The van der Waals surface area contributed by atoms with E-state index in [0.29, 0.717) is 59.6 Å². The van der Waals surface area contributed by atoms with Gasteiger partial charge in [0, 0.05) is 24.5 Å². The maximum Gasteiger partial charge on any atom is 0.337 e. The van der Waals surface area contributed by atoms with Crippen LogP contribution in [0.15, 0.2) is 58.9 Å². The van der Waals surface area contributed by atoms with Gasteiger partial charge in [-0.1, -0.05) is 62.2 Å². The van der Waals surface area contributed by atoms with E-state index in [2.05, 4.69) is 30.1 Å². The predicted octanol–water partition coefficient (Wildman–Crippen LogP) is 7.98. The van der Waals surface area contributed by atoms with Crippen molar-refractivity contribution in [3.63, 3.8) is 0 Å². The van der Waals surface area contributed by atoms with Crippen LogP contribution in [0.3, 0.4) is 0 Å². The minimum absolute atomic E-state index is 0.0385. The van der Waals surface area contributed by atoms with Crippen LogP contribution in [0, 0.1) is 17.2 Å². The number of benzene rings is 2. The highest BCUT2D eigenvalue weighted by atomic mass is 35.5. The molecule has 3 unspecified atom stereocenters. The number of ether oxygens (including phenoxy) is 5. The monoisotopic (exact) mass is 757 g/mol. The van der Waals surface area contributed by atoms with Gasteiger partial charge in [0.1, 0.15) is 12.7 Å². The Morgan fingerprint density at radius 1 is 0.981 bits per heavy atom. The maximum absolute atomic E-state index is 14.0. The van der Waals surface area contributed by atoms with Crippen molar-refractivity contribution in [2.75, 3.05) is 54.2 Å². The van der Waals surface area contributed by atoms with E-state index in [4.69, 9.17) is 46.9 Å². The topological polar surface area (TPSA) is 119 Å². The fourth-order valence-electron chi connectivity index (χ4n) is 6.68. The molecule has 0 radical (unpaired) electrons. The standard InChI is InChI=1S/C40H53Cl2N3O7/c1-10-19-50-20-21-51-38(46)34-27(5)44-28(6)35(36(34)30-13-11-14-31(41)37(30)42)39(47)52-26(4)23-45(7)18-12-17-40(24-43,25(2)3)29-15-16-32(48-8)33(22-29)49-9/h11,13-16,22,25-26,36,44H,10,12,17-21,23H2,1-9H3. The summed E-state index contributed by atoms with van der Waals surface area (Å²) in [6, 6.07) is 13.4. The van der Waals surface area contributed by atoms with Crippen LogP contribution < -0.4 is 14.8 Å². The van der Waals surface area contributed by atoms with E-state index in [-0.39, 0.29) is 35.3 Å². The fraction of sp³-hybridized carbons (Fsp3) is 0.525. The Bertz CT molecular complexity index is 1670. The van der Waals surface area contributed by atoms with E-state index in [9.17, 15) is 14.9 Å². The second kappa shape index (κ2) is 19.9. The summed E-state index contributed by atoms with van der Waals surface area (Å²) >= 11 is 13.1. The Balaban J connectivity index is 1.76. The van der Waals surface area contributed by atoms with Gasteiger partial charge in [-0.05, 0) is 88.9 Å². The summed E-state index contributed by atoms with van der Waals surface area (Å²) in [5.74, 6) is -0.847. The molecule has 12 heteroatoms. The van der Waals surface area contributed by atoms with Gasteiger partial charge in [-0.15, -0.1) is 0 Å². The number of likely N-dealkylation sites (N-methyl/N-ethyl adjacent to an activating group) is 1. The molecule has 0 spiro atoms. The third-order valence-electron chi connectivity index (χ3n) is 9.37. The average Bonchev–Trinajstić information content (AvgIpc) is 3.10. The smallest absolute Gasteiger partial charge is 0.337 e. The van der Waals surface area contributed by atoms with Gasteiger partial charge in [0.2, 0.25) is 0 Å². The van der Waals surface area contributed by atoms with Gasteiger partial charge >= 0.3 is 11.9 Å². The number of allylic oxidation sites excluding steroid dienone is 2. The van der Waals surface area contributed by atoms with Gasteiger partial charge in [-0.3, -0.25) is 0 Å². The second-order valence-electron chi connectivity index (χ2n) is 13.4. The van der Waals surface area contributed by atoms with E-state index in [1.54, 1.807) is 46.3 Å². The molecule has 0 saturated heterocycles. The Kier molecular flexibility index (Phi) is 16.3. The molecule has 2 aromatic carbocycles. The number of hydrogen-bond donors (Lipinski definition) is 1. The molecule has 3 atom stereocenters. The molecule has 3 rings (SSSR count). The van der Waals surface area contributed by atoms with E-state index >= 15 is 0 Å². The summed E-state index contributed by atoms with van der Waals surface area (Å²) in [5, 5.41) is 14.2. The fourth-order valence-corrected chi connectivity index (χ4v) is 7.10. The van der Waals surface area contributed by atoms with Crippen LogP contribution in [0.1, 0.15) is 77.8 Å². The Hall–Kier alpha value is -3.75. The lowest BCUT2D eigenvalue weighted by Crippen LogP contribution is -2.36. The van der Waals surface area contributed by atoms with Crippen LogP contribution in [0.2, 0.25) is 10.0 Å². The number of nitriles is 1. The summed E-state index contributed by atoms with van der Waals surface area (Å²) in [4.78, 5) is 29.7. The first-order valence-electron chi connectivity index (χ1n) is 17.7. The van der Waals surface area contributed by atoms with Crippen LogP contribution in [-0.4, -0.2) is 77.1 Å². The lowest BCUT2D eigenvalue weighted by molar-refractivity contribution is -0.144. The summed E-state index contributed by atoms with van der Waals surface area (Å²) in [7, 11) is 5.12. The quantitative estimate of drug-likeness (QED) is 0.112. The largest absolute Gasteiger partial charge is 0.493 e. The number of carbonyl (C=O) groups excluding carboxylic acids is 2. The molecule has 0 bridgehead atoms. The van der Waals surface area contributed by atoms with Crippen LogP contribution in [0.25, 0.3) is 0 Å². The number of carbonyl (C=O) groups is 2. The molecule has 1 N–H and O–H groups in total. The number of nitrogens with zero attached hydrogens (tertiary/aromatic N) is 2. The highest BCUT2D eigenvalue weighted by Gasteiger charge is 2.40. The van der Waals surface area contributed by atoms with E-state index in [0.717, 1.165) is 18.4 Å². The molecule has 52 heavy (non-hydrogen) atoms. The van der Waals surface area contributed by atoms with Crippen LogP contribution in [-0.2, 0) is 29.2 Å². The molecule has 1 heterocycles. The highest BCUT2D eigenvalue weighted by Crippen LogP contribution is 2.44. The minimum Gasteiger partial charge on any atom is -0.493 e. The molecule has 10 nitrogen and oxygen atoms in total. The first-order chi connectivity index (χ1) is 24.8. The van der Waals surface area contributed by atoms with Crippen molar-refractivity contribution < 1.29 is 33.3 Å². The Morgan fingerprint density at radius 2 is 1.65 bits per heavy atom. The first kappa shape index (κ1) is 42.7. The van der Waals surface area contributed by atoms with Gasteiger partial charge in [0.25, 0.3) is 0 Å². The third kappa shape index (κ3) is 10.2. The molecule has 0 aliphatic carbocycles. The summed E-state index contributed by atoms with van der Waals surface area (Å²) in [5.41, 5.74) is 2.17. The summed E-state index contributed by atoms with van der Waals surface area (Å²) in [6.45, 7) is 13.4. The zero-order chi connectivity index (χ0) is 38.6. The van der Waals surface area contributed by atoms with Crippen LogP contribution >= 0.6 is 23.2 Å². The SMILES string of the molecule is CCCOCCOC(=O)C1=C(C)NC(C)=C(C(=O)OC(C)CN(C)CCCC(C#N)(c2ccc(OC)c(OC)c2)C(C)C)C1c1cccc(Cl)c1Cl. The zero-order valence-corrected chi connectivity index (χ0v) is 33.4. The van der Waals surface area contributed by atoms with Gasteiger partial charge in [0.15, 0.2) is 11.5 Å². The van der Waals surface area contributed by atoms with Crippen molar-refractivity contribution in [1.29, 1.82) is 5.26 Å². The van der Waals surface area contributed by atoms with Crippen LogP contribution in [0.5, 0.6) is 11.5 Å². The summed E-state index contributed by atoms with van der Waals surface area (Å²) in [6.07, 6.45) is 1.68. The zero-order valence-electron chi connectivity index (χ0n) is 31.9. The number of esters is 2. The highest BCUT2D eigenvalue weighted by molar-refractivity contribution is 6.42. The second-order valence-corrected chi connectivity index (χ2v) is 14.2. The van der Waals surface area contributed by atoms with Gasteiger partial charge < -0.3 is 33.9 Å². The Morgan fingerprint density at radius 3 is 2.27 bits per heavy atom. The lowest BCUT2D eigenvalue weighted by Gasteiger charge is -2.33. The minimum atomic E-state index is -0.888. The van der Waals surface area contributed by atoms with Gasteiger partial charge in [-0.25, -0.2) is 9.59 Å². The van der Waals surface area contributed by atoms with Crippen LogP contribution in [0.4, 0.5) is 0 Å². The van der Waals surface area contributed by atoms with E-state index in [1.165, 1.54) is 0 Å². The van der Waals surface area contributed by atoms with Crippen molar-refractivity contribution in [3.8, 4) is 17.6 Å². The van der Waals surface area contributed by atoms with Crippen molar-refractivity contribution in [2.45, 2.75) is 78.2 Å². The Labute approximate surface area is 319 Å². The van der Waals surface area contributed by atoms with E-state index in [1.807, 2.05) is 39.1 Å². The molecule has 1 aliphatic rings. The average molecular weight is 759 g/mol. The molecular weight excluding hydrogens is 705 g/mol. The molecule has 0 aromatic heterocycles. The number of dihydropyridines is 1. The third-order valence-corrected chi connectivity index (χ3v) is 10.2. The van der Waals surface area contributed by atoms with Crippen molar-refractivity contribution in [2.24, 2.45) is 5.92 Å². The molecule has 0 fully saturated rings. The molecule has 2 aromatic rings. The van der Waals surface area contributed by atoms with Crippen molar-refractivity contribution in [1.82, 2.24) is 10.2 Å². The van der Waals surface area contributed by atoms with Gasteiger partial charge in [0.05, 0.1) is 59.4 Å². The normalized spacial score (nSPS) is 16.3. The molecule has 0 amide bonds. The first-order valence-corrected chi connectivity index (χ1v) is 18.4. The molecular formula is C40H53Cl2N3O7. The number of rotatable bonds is 19. The molecule has 0 saturated carbocycles. The number of halogens is 2. The van der Waals surface area contributed by atoms with Gasteiger partial charge in [-0.2, -0.15) is 5.26 Å². The number of nitrogens with one attached hydrogen (secondary N) is 1. The molecule has 1 aliphatic heterocycles. The molecule has 284 valence electrons. The number of hydrogen-bond acceptors (Lipinski definition) is 10. The van der Waals surface area contributed by atoms with E-state index < -0.39 is 29.4 Å². The maximum atomic E-state index is 14.0. The number of methoxy groups -OCH3 is 2. The predicted molar refractivity (Wildman–Crippen MR) is 204 cm³/mol. The lowest BCUT2D eigenvalue weighted by atomic mass is 9.69. The summed E-state index contributed by atoms with van der Waals surface area (Å²) < 4.78 is 28.1. The van der Waals surface area contributed by atoms with Crippen molar-refractivity contribution >= 4 is 35.1 Å².